The highest BCUT2D eigenvalue weighted by atomic mass is 16.6. The van der Waals surface area contributed by atoms with Crippen LogP contribution in [0.2, 0.25) is 0 Å². The third-order valence-corrected chi connectivity index (χ3v) is 7.47. The number of ether oxygens (including phenoxy) is 1. The Kier molecular flexibility index (Phi) is 8.35. The Morgan fingerprint density at radius 1 is 0.893 bits per heavy atom. The zero-order valence-electron chi connectivity index (χ0n) is 20.1. The van der Waals surface area contributed by atoms with Gasteiger partial charge in [-0.1, -0.05) is 86.8 Å². The molecule has 0 amide bonds. The summed E-state index contributed by atoms with van der Waals surface area (Å²) in [6, 6.07) is 8.20. The second kappa shape index (κ2) is 9.46. The van der Waals surface area contributed by atoms with Gasteiger partial charge in [-0.05, 0) is 60.6 Å². The molecule has 2 heteroatoms. The molecule has 0 bridgehead atoms. The van der Waals surface area contributed by atoms with Crippen LogP contribution >= 0.6 is 0 Å². The van der Waals surface area contributed by atoms with Gasteiger partial charge >= 0.3 is 5.97 Å². The maximum absolute atomic E-state index is 12.6. The maximum Gasteiger partial charge on any atom is 0.338 e. The van der Waals surface area contributed by atoms with E-state index in [0.29, 0.717) is 16.9 Å². The highest BCUT2D eigenvalue weighted by molar-refractivity contribution is 5.89. The van der Waals surface area contributed by atoms with Gasteiger partial charge in [0, 0.05) is 0 Å². The molecule has 1 unspecified atom stereocenters. The minimum Gasteiger partial charge on any atom is -0.456 e. The van der Waals surface area contributed by atoms with Crippen LogP contribution in [0, 0.1) is 16.7 Å². The molecule has 0 saturated carbocycles. The highest BCUT2D eigenvalue weighted by Crippen LogP contribution is 2.48. The van der Waals surface area contributed by atoms with Crippen molar-refractivity contribution >= 4 is 5.97 Å². The van der Waals surface area contributed by atoms with Crippen LogP contribution in [0.15, 0.2) is 24.3 Å². The molecule has 1 rings (SSSR count). The average Bonchev–Trinajstić information content (AvgIpc) is 2.65. The van der Waals surface area contributed by atoms with Gasteiger partial charge in [0.15, 0.2) is 0 Å². The fourth-order valence-corrected chi connectivity index (χ4v) is 3.47. The Bertz CT molecular complexity index is 618. The van der Waals surface area contributed by atoms with E-state index in [0.717, 1.165) is 19.3 Å². The molecule has 0 radical (unpaired) electrons. The second-order valence-electron chi connectivity index (χ2n) is 10.4. The van der Waals surface area contributed by atoms with E-state index in [9.17, 15) is 4.79 Å². The molecule has 1 atom stereocenters. The molecule has 0 saturated heterocycles. The lowest BCUT2D eigenvalue weighted by atomic mass is 9.64. The van der Waals surface area contributed by atoms with Crippen molar-refractivity contribution in [2.45, 2.75) is 106 Å². The molecular weight excluding hydrogens is 344 g/mol. The summed E-state index contributed by atoms with van der Waals surface area (Å²) < 4.78 is 5.75. The average molecular weight is 389 g/mol. The second-order valence-corrected chi connectivity index (χ2v) is 10.4. The topological polar surface area (TPSA) is 26.3 Å². The van der Waals surface area contributed by atoms with Gasteiger partial charge in [0.1, 0.15) is 5.60 Å². The summed E-state index contributed by atoms with van der Waals surface area (Å²) in [5.74, 6) is 0.519. The third-order valence-electron chi connectivity index (χ3n) is 7.47. The van der Waals surface area contributed by atoms with Gasteiger partial charge in [-0.2, -0.15) is 0 Å². The number of carbonyl (C=O) groups is 1. The molecule has 28 heavy (non-hydrogen) atoms. The molecule has 0 N–H and O–H groups in total. The largest absolute Gasteiger partial charge is 0.456 e. The fourth-order valence-electron chi connectivity index (χ4n) is 3.47. The van der Waals surface area contributed by atoms with Crippen LogP contribution in [-0.2, 0) is 4.74 Å². The zero-order chi connectivity index (χ0) is 21.8. The van der Waals surface area contributed by atoms with Crippen molar-refractivity contribution < 1.29 is 9.53 Å². The van der Waals surface area contributed by atoms with Crippen LogP contribution in [0.4, 0.5) is 0 Å². The molecule has 0 spiro atoms. The SMILES string of the molecule is CCC(C)(C)CC(c1ccc(C(=O)OC(C)(C)C(C)C)cc1)C(C)(CC)CC. The Morgan fingerprint density at radius 2 is 1.39 bits per heavy atom. The van der Waals surface area contributed by atoms with Crippen LogP contribution < -0.4 is 0 Å². The Morgan fingerprint density at radius 3 is 1.79 bits per heavy atom. The van der Waals surface area contributed by atoms with Gasteiger partial charge < -0.3 is 4.74 Å². The first-order chi connectivity index (χ1) is 12.8. The van der Waals surface area contributed by atoms with Crippen molar-refractivity contribution in [2.24, 2.45) is 16.7 Å². The normalized spacial score (nSPS) is 14.2. The molecule has 0 fully saturated rings. The number of benzene rings is 1. The lowest BCUT2D eigenvalue weighted by molar-refractivity contribution is -0.0222. The lowest BCUT2D eigenvalue weighted by Crippen LogP contribution is -2.33. The number of carbonyl (C=O) groups excluding carboxylic acids is 1. The standard InChI is InChI=1S/C26H44O2/c1-11-24(6,7)18-22(26(10,12-2)13-3)20-14-16-21(17-15-20)23(27)28-25(8,9)19(4)5/h14-17,19,22H,11-13,18H2,1-10H3. The fraction of sp³-hybridized carbons (Fsp3) is 0.731. The lowest BCUT2D eigenvalue weighted by Gasteiger charge is -2.41. The van der Waals surface area contributed by atoms with Crippen LogP contribution in [-0.4, -0.2) is 11.6 Å². The van der Waals surface area contributed by atoms with Crippen molar-refractivity contribution in [1.82, 2.24) is 0 Å². The quantitative estimate of drug-likeness (QED) is 0.379. The summed E-state index contributed by atoms with van der Waals surface area (Å²) in [6.45, 7) is 22.1. The predicted octanol–water partition coefficient (Wildman–Crippen LogP) is 8.01. The molecule has 1 aromatic rings. The van der Waals surface area contributed by atoms with Crippen molar-refractivity contribution in [3.8, 4) is 0 Å². The summed E-state index contributed by atoms with van der Waals surface area (Å²) in [6.07, 6.45) is 4.63. The van der Waals surface area contributed by atoms with E-state index in [4.69, 9.17) is 4.74 Å². The van der Waals surface area contributed by atoms with Crippen LogP contribution in [0.3, 0.4) is 0 Å². The number of hydrogen-bond donors (Lipinski definition) is 0. The maximum atomic E-state index is 12.6. The van der Waals surface area contributed by atoms with Crippen molar-refractivity contribution in [3.63, 3.8) is 0 Å². The zero-order valence-corrected chi connectivity index (χ0v) is 20.1. The molecule has 0 aliphatic rings. The molecule has 0 aromatic heterocycles. The van der Waals surface area contributed by atoms with E-state index in [2.05, 4.69) is 67.5 Å². The van der Waals surface area contributed by atoms with Gasteiger partial charge in [0.05, 0.1) is 5.56 Å². The van der Waals surface area contributed by atoms with Crippen molar-refractivity contribution in [2.75, 3.05) is 0 Å². The molecule has 0 heterocycles. The summed E-state index contributed by atoms with van der Waals surface area (Å²) in [5, 5.41) is 0. The van der Waals surface area contributed by atoms with E-state index in [1.54, 1.807) is 0 Å². The Labute approximate surface area is 174 Å². The smallest absolute Gasteiger partial charge is 0.338 e. The van der Waals surface area contributed by atoms with Gasteiger partial charge in [0.25, 0.3) is 0 Å². The summed E-state index contributed by atoms with van der Waals surface area (Å²) in [4.78, 5) is 12.6. The van der Waals surface area contributed by atoms with Crippen LogP contribution in [0.5, 0.6) is 0 Å². The molecule has 0 aliphatic carbocycles. The monoisotopic (exact) mass is 388 g/mol. The van der Waals surface area contributed by atoms with Crippen LogP contribution in [0.25, 0.3) is 0 Å². The highest BCUT2D eigenvalue weighted by Gasteiger charge is 2.36. The first-order valence-electron chi connectivity index (χ1n) is 11.1. The predicted molar refractivity (Wildman–Crippen MR) is 121 cm³/mol. The Balaban J connectivity index is 3.16. The van der Waals surface area contributed by atoms with E-state index in [1.807, 2.05) is 26.0 Å². The van der Waals surface area contributed by atoms with E-state index in [-0.39, 0.29) is 17.3 Å². The molecular formula is C26H44O2. The first kappa shape index (κ1) is 24.7. The minimum absolute atomic E-state index is 0.232. The van der Waals surface area contributed by atoms with E-state index in [1.165, 1.54) is 12.0 Å². The van der Waals surface area contributed by atoms with Gasteiger partial charge in [-0.15, -0.1) is 0 Å². The minimum atomic E-state index is -0.466. The van der Waals surface area contributed by atoms with E-state index < -0.39 is 5.60 Å². The first-order valence-corrected chi connectivity index (χ1v) is 11.1. The summed E-state index contributed by atoms with van der Waals surface area (Å²) in [7, 11) is 0. The summed E-state index contributed by atoms with van der Waals surface area (Å²) in [5.41, 5.74) is 2.07. The molecule has 1 aromatic carbocycles. The number of esters is 1. The van der Waals surface area contributed by atoms with Crippen LogP contribution in [0.1, 0.15) is 117 Å². The van der Waals surface area contributed by atoms with Gasteiger partial charge in [-0.25, -0.2) is 4.79 Å². The Hall–Kier alpha value is -1.31. The van der Waals surface area contributed by atoms with Gasteiger partial charge in [-0.3, -0.25) is 0 Å². The number of rotatable bonds is 10. The molecule has 160 valence electrons. The molecule has 0 aliphatic heterocycles. The third kappa shape index (κ3) is 6.09. The van der Waals surface area contributed by atoms with E-state index >= 15 is 0 Å². The van der Waals surface area contributed by atoms with Gasteiger partial charge in [0.2, 0.25) is 0 Å². The summed E-state index contributed by atoms with van der Waals surface area (Å²) >= 11 is 0. The van der Waals surface area contributed by atoms with Crippen molar-refractivity contribution in [3.05, 3.63) is 35.4 Å². The molecule has 2 nitrogen and oxygen atoms in total. The van der Waals surface area contributed by atoms with Crippen molar-refractivity contribution in [1.29, 1.82) is 0 Å². The number of hydrogen-bond acceptors (Lipinski definition) is 2.